The van der Waals surface area contributed by atoms with Crippen LogP contribution in [0.4, 0.5) is 0 Å². The molecule has 0 aliphatic rings. The molecule has 0 N–H and O–H groups in total. The maximum atomic E-state index is 14.0. The third kappa shape index (κ3) is 5.91. The highest BCUT2D eigenvalue weighted by Gasteiger charge is 2.21. The summed E-state index contributed by atoms with van der Waals surface area (Å²) in [6.07, 6.45) is 4.00. The fraction of sp³-hybridized carbons (Fsp3) is 0.103. The van der Waals surface area contributed by atoms with Gasteiger partial charge in [-0.1, -0.05) is 96.5 Å². The maximum absolute atomic E-state index is 14.0. The van der Waals surface area contributed by atoms with Crippen molar-refractivity contribution in [1.29, 1.82) is 0 Å². The summed E-state index contributed by atoms with van der Waals surface area (Å²) in [5.41, 5.74) is 2.80. The molecule has 0 atom stereocenters. The molecule has 0 aliphatic heterocycles. The molecule has 4 aromatic rings. The zero-order valence-corrected chi connectivity index (χ0v) is 19.4. The standard InChI is InChI=1S/C29H25ClN2O2/c30-26-16-8-7-15-25(26)21-27(32-19-10-9-17-28(32)33)29(34)31(22-24-13-5-2-6-14-24)20-18-23-11-3-1-4-12-23/h1-17,19,21H,18,20,22H2. The van der Waals surface area contributed by atoms with E-state index in [9.17, 15) is 9.59 Å². The van der Waals surface area contributed by atoms with E-state index in [1.165, 1.54) is 10.6 Å². The first-order chi connectivity index (χ1) is 16.6. The predicted octanol–water partition coefficient (Wildman–Crippen LogP) is 5.77. The topological polar surface area (TPSA) is 42.3 Å². The van der Waals surface area contributed by atoms with E-state index in [1.54, 1.807) is 35.4 Å². The zero-order valence-electron chi connectivity index (χ0n) is 18.7. The molecule has 1 heterocycles. The molecule has 0 unspecified atom stereocenters. The number of carbonyl (C=O) groups excluding carboxylic acids is 1. The van der Waals surface area contributed by atoms with Crippen molar-refractivity contribution in [2.75, 3.05) is 6.54 Å². The Hall–Kier alpha value is -3.89. The van der Waals surface area contributed by atoms with E-state index in [0.717, 1.165) is 11.1 Å². The number of aromatic nitrogens is 1. The molecule has 3 aromatic carbocycles. The van der Waals surface area contributed by atoms with E-state index in [-0.39, 0.29) is 17.2 Å². The molecule has 4 nitrogen and oxygen atoms in total. The van der Waals surface area contributed by atoms with Crippen LogP contribution in [-0.2, 0) is 17.8 Å². The lowest BCUT2D eigenvalue weighted by Crippen LogP contribution is -2.36. The zero-order chi connectivity index (χ0) is 23.8. The van der Waals surface area contributed by atoms with Gasteiger partial charge in [-0.2, -0.15) is 0 Å². The van der Waals surface area contributed by atoms with Crippen molar-refractivity contribution in [2.45, 2.75) is 13.0 Å². The highest BCUT2D eigenvalue weighted by Crippen LogP contribution is 2.22. The van der Waals surface area contributed by atoms with Crippen LogP contribution in [-0.4, -0.2) is 21.9 Å². The number of benzene rings is 3. The first kappa shape index (κ1) is 23.3. The molecule has 0 spiro atoms. The van der Waals surface area contributed by atoms with Gasteiger partial charge in [-0.05, 0) is 41.3 Å². The van der Waals surface area contributed by atoms with Crippen LogP contribution in [0.2, 0.25) is 5.02 Å². The summed E-state index contributed by atoms with van der Waals surface area (Å²) in [6, 6.07) is 32.0. The molecule has 4 rings (SSSR count). The van der Waals surface area contributed by atoms with Gasteiger partial charge in [0.05, 0.1) is 0 Å². The Morgan fingerprint density at radius 3 is 2.09 bits per heavy atom. The second-order valence-corrected chi connectivity index (χ2v) is 8.32. The molecule has 170 valence electrons. The van der Waals surface area contributed by atoms with Gasteiger partial charge >= 0.3 is 0 Å². The Balaban J connectivity index is 1.74. The van der Waals surface area contributed by atoms with E-state index in [1.807, 2.05) is 78.9 Å². The molecule has 0 saturated heterocycles. The second kappa shape index (κ2) is 11.3. The molecule has 0 fully saturated rings. The van der Waals surface area contributed by atoms with Crippen molar-refractivity contribution in [3.05, 3.63) is 141 Å². The Morgan fingerprint density at radius 2 is 1.41 bits per heavy atom. The Kier molecular flexibility index (Phi) is 7.74. The number of nitrogens with zero attached hydrogens (tertiary/aromatic N) is 2. The fourth-order valence-electron chi connectivity index (χ4n) is 3.73. The van der Waals surface area contributed by atoms with Crippen molar-refractivity contribution in [3.63, 3.8) is 0 Å². The van der Waals surface area contributed by atoms with Gasteiger partial charge in [-0.3, -0.25) is 14.2 Å². The number of halogens is 1. The lowest BCUT2D eigenvalue weighted by Gasteiger charge is -2.25. The third-order valence-corrected chi connectivity index (χ3v) is 5.86. The van der Waals surface area contributed by atoms with Crippen molar-refractivity contribution in [1.82, 2.24) is 9.47 Å². The molecule has 5 heteroatoms. The number of hydrogen-bond acceptors (Lipinski definition) is 2. The Labute approximate surface area is 204 Å². The molecule has 1 aromatic heterocycles. The van der Waals surface area contributed by atoms with E-state index >= 15 is 0 Å². The van der Waals surface area contributed by atoms with Crippen molar-refractivity contribution in [2.24, 2.45) is 0 Å². The molecule has 0 radical (unpaired) electrons. The van der Waals surface area contributed by atoms with Crippen LogP contribution in [0.3, 0.4) is 0 Å². The highest BCUT2D eigenvalue weighted by molar-refractivity contribution is 6.32. The van der Waals surface area contributed by atoms with Gasteiger partial charge in [0.25, 0.3) is 11.5 Å². The first-order valence-corrected chi connectivity index (χ1v) is 11.5. The van der Waals surface area contributed by atoms with E-state index in [2.05, 4.69) is 0 Å². The third-order valence-electron chi connectivity index (χ3n) is 5.52. The van der Waals surface area contributed by atoms with Gasteiger partial charge in [0, 0.05) is 30.4 Å². The predicted molar refractivity (Wildman–Crippen MR) is 138 cm³/mol. The van der Waals surface area contributed by atoms with Crippen LogP contribution in [0, 0.1) is 0 Å². The molecular formula is C29H25ClN2O2. The normalized spacial score (nSPS) is 11.3. The summed E-state index contributed by atoms with van der Waals surface area (Å²) in [5.74, 6) is -0.243. The summed E-state index contributed by atoms with van der Waals surface area (Å²) in [4.78, 5) is 28.5. The number of amides is 1. The van der Waals surface area contributed by atoms with Crippen LogP contribution < -0.4 is 5.56 Å². The summed E-state index contributed by atoms with van der Waals surface area (Å²) in [6.45, 7) is 0.924. The second-order valence-electron chi connectivity index (χ2n) is 7.91. The smallest absolute Gasteiger partial charge is 0.271 e. The minimum atomic E-state index is -0.281. The van der Waals surface area contributed by atoms with Crippen LogP contribution in [0.5, 0.6) is 0 Å². The van der Waals surface area contributed by atoms with Crippen LogP contribution >= 0.6 is 11.6 Å². The lowest BCUT2D eigenvalue weighted by molar-refractivity contribution is -0.126. The Bertz CT molecular complexity index is 1330. The van der Waals surface area contributed by atoms with Gasteiger partial charge in [0.1, 0.15) is 5.70 Å². The largest absolute Gasteiger partial charge is 0.333 e. The SMILES string of the molecule is O=C(C(=Cc1ccccc1Cl)n1ccccc1=O)N(CCc1ccccc1)Cc1ccccc1. The van der Waals surface area contributed by atoms with E-state index in [4.69, 9.17) is 11.6 Å². The average molecular weight is 469 g/mol. The average Bonchev–Trinajstić information content (AvgIpc) is 2.87. The lowest BCUT2D eigenvalue weighted by atomic mass is 10.1. The number of rotatable bonds is 8. The van der Waals surface area contributed by atoms with E-state index in [0.29, 0.717) is 30.1 Å². The fourth-order valence-corrected chi connectivity index (χ4v) is 3.92. The summed E-state index contributed by atoms with van der Waals surface area (Å²) in [5, 5.41) is 0.510. The molecule has 0 bridgehead atoms. The summed E-state index contributed by atoms with van der Waals surface area (Å²) >= 11 is 6.39. The molecule has 34 heavy (non-hydrogen) atoms. The quantitative estimate of drug-likeness (QED) is 0.308. The molecule has 1 amide bonds. The van der Waals surface area contributed by atoms with Gasteiger partial charge in [0.15, 0.2) is 0 Å². The van der Waals surface area contributed by atoms with Gasteiger partial charge in [-0.25, -0.2) is 0 Å². The number of hydrogen-bond donors (Lipinski definition) is 0. The minimum Gasteiger partial charge on any atom is -0.333 e. The van der Waals surface area contributed by atoms with Crippen molar-refractivity contribution in [3.8, 4) is 0 Å². The molecular weight excluding hydrogens is 444 g/mol. The molecule has 0 saturated carbocycles. The van der Waals surface area contributed by atoms with Crippen molar-refractivity contribution < 1.29 is 4.79 Å². The van der Waals surface area contributed by atoms with Crippen molar-refractivity contribution >= 4 is 29.3 Å². The highest BCUT2D eigenvalue weighted by atomic mass is 35.5. The Morgan fingerprint density at radius 1 is 0.794 bits per heavy atom. The van der Waals surface area contributed by atoms with Gasteiger partial charge in [-0.15, -0.1) is 0 Å². The summed E-state index contributed by atoms with van der Waals surface area (Å²) in [7, 11) is 0. The van der Waals surface area contributed by atoms with Gasteiger partial charge < -0.3 is 4.90 Å². The number of pyridine rings is 1. The monoisotopic (exact) mass is 468 g/mol. The maximum Gasteiger partial charge on any atom is 0.271 e. The first-order valence-electron chi connectivity index (χ1n) is 11.1. The number of carbonyl (C=O) groups is 1. The van der Waals surface area contributed by atoms with Crippen LogP contribution in [0.15, 0.2) is 114 Å². The van der Waals surface area contributed by atoms with E-state index < -0.39 is 0 Å². The van der Waals surface area contributed by atoms with Gasteiger partial charge in [0.2, 0.25) is 0 Å². The molecule has 0 aliphatic carbocycles. The minimum absolute atomic E-state index is 0.243. The summed E-state index contributed by atoms with van der Waals surface area (Å²) < 4.78 is 1.38. The van der Waals surface area contributed by atoms with Crippen LogP contribution in [0.25, 0.3) is 11.8 Å². The van der Waals surface area contributed by atoms with Crippen LogP contribution in [0.1, 0.15) is 16.7 Å².